The van der Waals surface area contributed by atoms with Gasteiger partial charge in [-0.05, 0) is 29.3 Å². The van der Waals surface area contributed by atoms with E-state index in [4.69, 9.17) is 14.2 Å². The molecule has 0 amide bonds. The summed E-state index contributed by atoms with van der Waals surface area (Å²) in [5, 5.41) is 0.931. The van der Waals surface area contributed by atoms with E-state index in [1.54, 1.807) is 21.0 Å². The van der Waals surface area contributed by atoms with Crippen molar-refractivity contribution < 1.29 is 23.8 Å². The lowest BCUT2D eigenvalue weighted by atomic mass is 9.80. The minimum atomic E-state index is -1.27. The Hall–Kier alpha value is -3.28. The van der Waals surface area contributed by atoms with Crippen LogP contribution in [-0.2, 0) is 19.1 Å². The molecule has 0 spiro atoms. The lowest BCUT2D eigenvalue weighted by Crippen LogP contribution is -2.48. The summed E-state index contributed by atoms with van der Waals surface area (Å²) in [6.07, 6.45) is 1.83. The van der Waals surface area contributed by atoms with Crippen molar-refractivity contribution in [2.75, 3.05) is 7.11 Å². The molecular weight excluding hydrogens is 358 g/mol. The molecule has 28 heavy (non-hydrogen) atoms. The molecule has 1 aromatic heterocycles. The summed E-state index contributed by atoms with van der Waals surface area (Å²) >= 11 is 0. The first kappa shape index (κ1) is 18.1. The number of aromatic amines is 1. The number of para-hydroxylation sites is 1. The van der Waals surface area contributed by atoms with E-state index in [1.807, 2.05) is 54.7 Å². The summed E-state index contributed by atoms with van der Waals surface area (Å²) in [5.74, 6) is -3.52. The van der Waals surface area contributed by atoms with Crippen molar-refractivity contribution in [2.24, 2.45) is 5.92 Å². The molecule has 3 aromatic rings. The zero-order chi connectivity index (χ0) is 19.9. The number of carbonyl (C=O) groups is 2. The molecule has 144 valence electrons. The SMILES string of the molecule is COc1cccc(C(c2c[nH]c3ccccc23)C2C(=O)OC(C)(C)OC2=O)c1. The standard InChI is InChI=1S/C22H21NO5/c1-22(2)27-20(24)19(21(25)28-22)18(13-7-6-8-14(11-13)26-3)16-12-23-17-10-5-4-9-15(16)17/h4-12,18-19,23H,1-3H3. The van der Waals surface area contributed by atoms with E-state index < -0.39 is 29.6 Å². The van der Waals surface area contributed by atoms with Gasteiger partial charge in [0, 0.05) is 36.9 Å². The number of hydrogen-bond acceptors (Lipinski definition) is 5. The molecule has 6 heteroatoms. The van der Waals surface area contributed by atoms with Crippen LogP contribution in [0.5, 0.6) is 5.75 Å². The summed E-state index contributed by atoms with van der Waals surface area (Å²) in [4.78, 5) is 28.9. The molecule has 1 aliphatic rings. The number of fused-ring (bicyclic) bond motifs is 1. The van der Waals surface area contributed by atoms with Gasteiger partial charge in [0.2, 0.25) is 0 Å². The van der Waals surface area contributed by atoms with Gasteiger partial charge in [-0.25, -0.2) is 0 Å². The summed E-state index contributed by atoms with van der Waals surface area (Å²) < 4.78 is 16.1. The molecule has 1 N–H and O–H groups in total. The number of carbonyl (C=O) groups excluding carboxylic acids is 2. The normalized spacial score (nSPS) is 17.8. The number of rotatable bonds is 4. The second-order valence-corrected chi connectivity index (χ2v) is 7.26. The van der Waals surface area contributed by atoms with Crippen molar-refractivity contribution in [1.82, 2.24) is 4.98 Å². The predicted molar refractivity (Wildman–Crippen MR) is 103 cm³/mol. The Morgan fingerprint density at radius 1 is 1.04 bits per heavy atom. The molecular formula is C22H21NO5. The van der Waals surface area contributed by atoms with Crippen LogP contribution in [0.1, 0.15) is 30.9 Å². The van der Waals surface area contributed by atoms with E-state index in [0.29, 0.717) is 5.75 Å². The minimum Gasteiger partial charge on any atom is -0.497 e. The Morgan fingerprint density at radius 3 is 2.46 bits per heavy atom. The predicted octanol–water partition coefficient (Wildman–Crippen LogP) is 3.76. The first-order valence-corrected chi connectivity index (χ1v) is 9.05. The molecule has 4 rings (SSSR count). The third-order valence-electron chi connectivity index (χ3n) is 4.94. The van der Waals surface area contributed by atoms with Gasteiger partial charge in [-0.1, -0.05) is 30.3 Å². The molecule has 1 atom stereocenters. The smallest absolute Gasteiger partial charge is 0.324 e. The number of ether oxygens (including phenoxy) is 3. The highest BCUT2D eigenvalue weighted by atomic mass is 16.7. The number of aromatic nitrogens is 1. The van der Waals surface area contributed by atoms with Crippen molar-refractivity contribution in [3.05, 3.63) is 65.9 Å². The number of esters is 2. The van der Waals surface area contributed by atoms with Crippen LogP contribution in [0.25, 0.3) is 10.9 Å². The van der Waals surface area contributed by atoms with Crippen LogP contribution in [0.2, 0.25) is 0 Å². The second-order valence-electron chi connectivity index (χ2n) is 7.26. The summed E-state index contributed by atoms with van der Waals surface area (Å²) in [6, 6.07) is 15.1. The average Bonchev–Trinajstić information content (AvgIpc) is 3.07. The van der Waals surface area contributed by atoms with Crippen molar-refractivity contribution >= 4 is 22.8 Å². The first-order chi connectivity index (χ1) is 13.4. The third kappa shape index (κ3) is 3.11. The Balaban J connectivity index is 1.89. The maximum atomic E-state index is 12.9. The zero-order valence-electron chi connectivity index (χ0n) is 15.9. The Bertz CT molecular complexity index is 1030. The average molecular weight is 379 g/mol. The van der Waals surface area contributed by atoms with Gasteiger partial charge in [-0.2, -0.15) is 0 Å². The van der Waals surface area contributed by atoms with Gasteiger partial charge >= 0.3 is 11.9 Å². The Morgan fingerprint density at radius 2 is 1.75 bits per heavy atom. The van der Waals surface area contributed by atoms with Crippen LogP contribution < -0.4 is 4.74 Å². The summed E-state index contributed by atoms with van der Waals surface area (Å²) in [7, 11) is 1.57. The van der Waals surface area contributed by atoms with Crippen LogP contribution in [0.3, 0.4) is 0 Å². The van der Waals surface area contributed by atoms with E-state index in [0.717, 1.165) is 22.0 Å². The van der Waals surface area contributed by atoms with Crippen LogP contribution in [0.4, 0.5) is 0 Å². The van der Waals surface area contributed by atoms with Crippen LogP contribution in [-0.4, -0.2) is 29.8 Å². The molecule has 0 saturated carbocycles. The maximum Gasteiger partial charge on any atom is 0.324 e. The largest absolute Gasteiger partial charge is 0.497 e. The van der Waals surface area contributed by atoms with E-state index >= 15 is 0 Å². The first-order valence-electron chi connectivity index (χ1n) is 9.05. The van der Waals surface area contributed by atoms with Gasteiger partial charge in [0.25, 0.3) is 5.79 Å². The molecule has 0 radical (unpaired) electrons. The van der Waals surface area contributed by atoms with E-state index in [1.165, 1.54) is 0 Å². The van der Waals surface area contributed by atoms with Gasteiger partial charge < -0.3 is 19.2 Å². The van der Waals surface area contributed by atoms with Crippen LogP contribution in [0.15, 0.2) is 54.7 Å². The van der Waals surface area contributed by atoms with Crippen molar-refractivity contribution in [3.8, 4) is 5.75 Å². The second kappa shape index (κ2) is 6.71. The molecule has 6 nitrogen and oxygen atoms in total. The fourth-order valence-corrected chi connectivity index (χ4v) is 3.74. The summed E-state index contributed by atoms with van der Waals surface area (Å²) in [6.45, 7) is 3.09. The quantitative estimate of drug-likeness (QED) is 0.552. The lowest BCUT2D eigenvalue weighted by Gasteiger charge is -2.36. The maximum absolute atomic E-state index is 12.9. The van der Waals surface area contributed by atoms with Gasteiger partial charge in [0.05, 0.1) is 7.11 Å². The van der Waals surface area contributed by atoms with E-state index in [-0.39, 0.29) is 0 Å². The van der Waals surface area contributed by atoms with Crippen molar-refractivity contribution in [1.29, 1.82) is 0 Å². The Kier molecular flexibility index (Phi) is 4.34. The van der Waals surface area contributed by atoms with Gasteiger partial charge in [0.1, 0.15) is 5.75 Å². The lowest BCUT2D eigenvalue weighted by molar-refractivity contribution is -0.240. The molecule has 1 saturated heterocycles. The molecule has 0 bridgehead atoms. The highest BCUT2D eigenvalue weighted by Crippen LogP contribution is 2.41. The number of H-pyrrole nitrogens is 1. The zero-order valence-corrected chi connectivity index (χ0v) is 15.9. The third-order valence-corrected chi connectivity index (χ3v) is 4.94. The molecule has 2 aromatic carbocycles. The monoisotopic (exact) mass is 379 g/mol. The fraction of sp³-hybridized carbons (Fsp3) is 0.273. The fourth-order valence-electron chi connectivity index (χ4n) is 3.74. The number of benzene rings is 2. The van der Waals surface area contributed by atoms with E-state index in [2.05, 4.69) is 4.98 Å². The van der Waals surface area contributed by atoms with E-state index in [9.17, 15) is 9.59 Å². The van der Waals surface area contributed by atoms with Crippen molar-refractivity contribution in [3.63, 3.8) is 0 Å². The number of nitrogens with one attached hydrogen (secondary N) is 1. The van der Waals surface area contributed by atoms with Gasteiger partial charge in [-0.3, -0.25) is 9.59 Å². The highest BCUT2D eigenvalue weighted by Gasteiger charge is 2.48. The van der Waals surface area contributed by atoms with Crippen LogP contribution in [0, 0.1) is 5.92 Å². The number of methoxy groups -OCH3 is 1. The molecule has 1 fully saturated rings. The molecule has 1 aliphatic heterocycles. The number of cyclic esters (lactones) is 2. The Labute approximate surface area is 162 Å². The number of hydrogen-bond donors (Lipinski definition) is 1. The molecule has 1 unspecified atom stereocenters. The topological polar surface area (TPSA) is 77.6 Å². The molecule has 0 aliphatic carbocycles. The molecule has 2 heterocycles. The highest BCUT2D eigenvalue weighted by molar-refractivity contribution is 5.99. The van der Waals surface area contributed by atoms with Crippen LogP contribution >= 0.6 is 0 Å². The van der Waals surface area contributed by atoms with Gasteiger partial charge in [-0.15, -0.1) is 0 Å². The minimum absolute atomic E-state index is 0.581. The summed E-state index contributed by atoms with van der Waals surface area (Å²) in [5.41, 5.74) is 2.51. The van der Waals surface area contributed by atoms with Crippen molar-refractivity contribution in [2.45, 2.75) is 25.6 Å². The van der Waals surface area contributed by atoms with Gasteiger partial charge in [0.15, 0.2) is 5.92 Å².